The van der Waals surface area contributed by atoms with Crippen LogP contribution in [0.5, 0.6) is 0 Å². The molecule has 0 aliphatic heterocycles. The summed E-state index contributed by atoms with van der Waals surface area (Å²) in [7, 11) is 0. The maximum Gasteiger partial charge on any atom is 0.323 e. The van der Waals surface area contributed by atoms with Crippen LogP contribution in [0.4, 0.5) is 0 Å². The molecule has 0 bridgehead atoms. The van der Waals surface area contributed by atoms with Crippen LogP contribution in [0.1, 0.15) is 20.3 Å². The minimum Gasteiger partial charge on any atom is -0.464 e. The summed E-state index contributed by atoms with van der Waals surface area (Å²) >= 11 is 10.9. The van der Waals surface area contributed by atoms with Crippen molar-refractivity contribution in [3.63, 3.8) is 0 Å². The molecule has 0 heterocycles. The van der Waals surface area contributed by atoms with E-state index in [-0.39, 0.29) is 13.2 Å². The average Bonchev–Trinajstić information content (AvgIpc) is 2.16. The van der Waals surface area contributed by atoms with E-state index in [0.29, 0.717) is 6.42 Å². The summed E-state index contributed by atoms with van der Waals surface area (Å²) in [5.41, 5.74) is 0. The molecule has 4 nitrogen and oxygen atoms in total. The van der Waals surface area contributed by atoms with Gasteiger partial charge in [0.15, 0.2) is 0 Å². The Kier molecular flexibility index (Phi) is 7.52. The molecular weight excluding hydrogens is 243 g/mol. The van der Waals surface area contributed by atoms with Gasteiger partial charge in [0.05, 0.1) is 13.2 Å². The van der Waals surface area contributed by atoms with Crippen LogP contribution in [0.2, 0.25) is 0 Å². The van der Waals surface area contributed by atoms with E-state index in [1.165, 1.54) is 13.8 Å². The fraction of sp³-hybridized carbons (Fsp3) is 0.778. The summed E-state index contributed by atoms with van der Waals surface area (Å²) < 4.78 is 9.50. The number of ether oxygens (including phenoxy) is 2. The van der Waals surface area contributed by atoms with E-state index in [2.05, 4.69) is 0 Å². The smallest absolute Gasteiger partial charge is 0.323 e. The van der Waals surface area contributed by atoms with Gasteiger partial charge in [0.1, 0.15) is 10.8 Å². The van der Waals surface area contributed by atoms with Crippen LogP contribution < -0.4 is 0 Å². The van der Waals surface area contributed by atoms with Crippen molar-refractivity contribution in [1.82, 2.24) is 0 Å². The number of esters is 2. The average molecular weight is 257 g/mol. The molecule has 0 saturated heterocycles. The fourth-order valence-corrected chi connectivity index (χ4v) is 0.760. The Morgan fingerprint density at radius 1 is 1.00 bits per heavy atom. The van der Waals surface area contributed by atoms with Gasteiger partial charge in [-0.3, -0.25) is 9.59 Å². The van der Waals surface area contributed by atoms with Crippen LogP contribution >= 0.6 is 23.2 Å². The predicted molar refractivity (Wildman–Crippen MR) is 57.2 cm³/mol. The summed E-state index contributed by atoms with van der Waals surface area (Å²) in [6.07, 6.45) is 0.435. The van der Waals surface area contributed by atoms with Gasteiger partial charge in [-0.1, -0.05) is 0 Å². The van der Waals surface area contributed by atoms with E-state index >= 15 is 0 Å². The van der Waals surface area contributed by atoms with E-state index in [0.717, 1.165) is 0 Å². The third-order valence-corrected chi connectivity index (χ3v) is 1.78. The number of carbonyl (C=O) groups excluding carboxylic acids is 2. The number of halogens is 2. The second-order valence-corrected chi connectivity index (χ2v) is 4.23. The number of rotatable bonds is 6. The quantitative estimate of drug-likeness (QED) is 0.413. The standard InChI is InChI=1S/C9H14Cl2O4/c1-6(10)8(12)14-4-3-5-15-9(13)7(2)11/h6-7H,3-5H2,1-2H3. The molecule has 0 spiro atoms. The van der Waals surface area contributed by atoms with Crippen molar-refractivity contribution in [3.8, 4) is 0 Å². The number of hydrogen-bond acceptors (Lipinski definition) is 4. The Balaban J connectivity index is 3.40. The van der Waals surface area contributed by atoms with Crippen LogP contribution in [-0.4, -0.2) is 35.9 Å². The second-order valence-electron chi connectivity index (χ2n) is 2.92. The molecule has 0 saturated carbocycles. The first-order valence-electron chi connectivity index (χ1n) is 4.56. The van der Waals surface area contributed by atoms with Gasteiger partial charge in [0.25, 0.3) is 0 Å². The fourth-order valence-electron chi connectivity index (χ4n) is 0.634. The highest BCUT2D eigenvalue weighted by molar-refractivity contribution is 6.29. The highest BCUT2D eigenvalue weighted by Gasteiger charge is 2.11. The van der Waals surface area contributed by atoms with Gasteiger partial charge < -0.3 is 9.47 Å². The van der Waals surface area contributed by atoms with Gasteiger partial charge in [0.2, 0.25) is 0 Å². The van der Waals surface area contributed by atoms with Gasteiger partial charge in [-0.25, -0.2) is 0 Å². The van der Waals surface area contributed by atoms with Crippen molar-refractivity contribution in [2.45, 2.75) is 31.0 Å². The summed E-state index contributed by atoms with van der Waals surface area (Å²) in [5, 5.41) is -1.31. The Morgan fingerprint density at radius 2 is 1.33 bits per heavy atom. The summed E-state index contributed by atoms with van der Waals surface area (Å²) in [6, 6.07) is 0. The molecule has 88 valence electrons. The van der Waals surface area contributed by atoms with E-state index in [4.69, 9.17) is 32.7 Å². The number of hydrogen-bond donors (Lipinski definition) is 0. The maximum atomic E-state index is 10.9. The van der Waals surface area contributed by atoms with Crippen LogP contribution in [0.3, 0.4) is 0 Å². The molecule has 0 aromatic heterocycles. The predicted octanol–water partition coefficient (Wildman–Crippen LogP) is 1.72. The SMILES string of the molecule is CC(Cl)C(=O)OCCCOC(=O)C(C)Cl. The molecular formula is C9H14Cl2O4. The molecule has 0 aromatic rings. The van der Waals surface area contributed by atoms with E-state index in [9.17, 15) is 9.59 Å². The highest BCUT2D eigenvalue weighted by Crippen LogP contribution is 1.99. The van der Waals surface area contributed by atoms with Crippen LogP contribution in [0.25, 0.3) is 0 Å². The first-order chi connectivity index (χ1) is 6.95. The number of alkyl halides is 2. The summed E-state index contributed by atoms with van der Waals surface area (Å²) in [4.78, 5) is 21.7. The largest absolute Gasteiger partial charge is 0.464 e. The third-order valence-electron chi connectivity index (χ3n) is 1.43. The lowest BCUT2D eigenvalue weighted by atomic mass is 10.4. The third kappa shape index (κ3) is 7.45. The van der Waals surface area contributed by atoms with E-state index < -0.39 is 22.7 Å². The lowest BCUT2D eigenvalue weighted by molar-refractivity contribution is -0.145. The molecule has 0 rings (SSSR count). The minimum absolute atomic E-state index is 0.180. The lowest BCUT2D eigenvalue weighted by Crippen LogP contribution is -2.18. The van der Waals surface area contributed by atoms with Crippen molar-refractivity contribution in [2.24, 2.45) is 0 Å². The van der Waals surface area contributed by atoms with Crippen molar-refractivity contribution in [2.75, 3.05) is 13.2 Å². The molecule has 0 aromatic carbocycles. The maximum absolute atomic E-state index is 10.9. The van der Waals surface area contributed by atoms with Crippen molar-refractivity contribution in [3.05, 3.63) is 0 Å². The normalized spacial score (nSPS) is 14.1. The van der Waals surface area contributed by atoms with Crippen molar-refractivity contribution < 1.29 is 19.1 Å². The topological polar surface area (TPSA) is 52.6 Å². The number of carbonyl (C=O) groups is 2. The van der Waals surface area contributed by atoms with Crippen molar-refractivity contribution >= 4 is 35.1 Å². The Bertz CT molecular complexity index is 194. The van der Waals surface area contributed by atoms with E-state index in [1.54, 1.807) is 0 Å². The Morgan fingerprint density at radius 3 is 1.60 bits per heavy atom. The lowest BCUT2D eigenvalue weighted by Gasteiger charge is -2.07. The van der Waals surface area contributed by atoms with Crippen molar-refractivity contribution in [1.29, 1.82) is 0 Å². The molecule has 15 heavy (non-hydrogen) atoms. The van der Waals surface area contributed by atoms with Crippen LogP contribution in [0.15, 0.2) is 0 Å². The highest BCUT2D eigenvalue weighted by atomic mass is 35.5. The summed E-state index contributed by atoms with van der Waals surface area (Å²) in [6.45, 7) is 3.41. The zero-order valence-corrected chi connectivity index (χ0v) is 10.2. The Hall–Kier alpha value is -0.480. The van der Waals surface area contributed by atoms with Gasteiger partial charge in [-0.05, 0) is 13.8 Å². The van der Waals surface area contributed by atoms with Gasteiger partial charge in [-0.15, -0.1) is 23.2 Å². The van der Waals surface area contributed by atoms with E-state index in [1.807, 2.05) is 0 Å². The molecule has 0 N–H and O–H groups in total. The van der Waals surface area contributed by atoms with Gasteiger partial charge in [0, 0.05) is 6.42 Å². The zero-order chi connectivity index (χ0) is 11.8. The van der Waals surface area contributed by atoms with Gasteiger partial charge >= 0.3 is 11.9 Å². The monoisotopic (exact) mass is 256 g/mol. The molecule has 6 heteroatoms. The molecule has 0 radical (unpaired) electrons. The molecule has 0 fully saturated rings. The molecule has 2 atom stereocenters. The second kappa shape index (κ2) is 7.77. The van der Waals surface area contributed by atoms with Crippen LogP contribution in [-0.2, 0) is 19.1 Å². The first-order valence-corrected chi connectivity index (χ1v) is 5.44. The summed E-state index contributed by atoms with van der Waals surface area (Å²) in [5.74, 6) is -0.956. The minimum atomic E-state index is -0.657. The molecule has 0 aliphatic carbocycles. The first kappa shape index (κ1) is 14.5. The molecule has 0 amide bonds. The zero-order valence-electron chi connectivity index (χ0n) is 8.66. The Labute approximate surface area is 98.8 Å². The molecule has 0 aliphatic rings. The van der Waals surface area contributed by atoms with Crippen LogP contribution in [0, 0.1) is 0 Å². The molecule has 2 unspecified atom stereocenters. The van der Waals surface area contributed by atoms with Gasteiger partial charge in [-0.2, -0.15) is 0 Å².